The lowest BCUT2D eigenvalue weighted by Crippen LogP contribution is -2.43. The molecule has 1 unspecified atom stereocenters. The summed E-state index contributed by atoms with van der Waals surface area (Å²) in [6, 6.07) is 3.85. The third-order valence-corrected chi connectivity index (χ3v) is 2.65. The topological polar surface area (TPSA) is 54.0 Å². The van der Waals surface area contributed by atoms with Crippen LogP contribution in [0.1, 0.15) is 38.8 Å². The Kier molecular flexibility index (Phi) is 5.63. The molecule has 1 aromatic rings. The second kappa shape index (κ2) is 7.01. The Labute approximate surface area is 103 Å². The first-order valence-corrected chi connectivity index (χ1v) is 6.08. The van der Waals surface area contributed by atoms with Gasteiger partial charge in [-0.1, -0.05) is 6.92 Å². The minimum atomic E-state index is -0.190. The van der Waals surface area contributed by atoms with Crippen molar-refractivity contribution in [2.24, 2.45) is 0 Å². The van der Waals surface area contributed by atoms with Crippen molar-refractivity contribution in [2.45, 2.75) is 39.3 Å². The molecule has 0 aromatic carbocycles. The van der Waals surface area contributed by atoms with E-state index in [4.69, 9.17) is 0 Å². The van der Waals surface area contributed by atoms with Crippen LogP contribution in [0.2, 0.25) is 0 Å². The molecule has 0 aliphatic heterocycles. The van der Waals surface area contributed by atoms with Crippen molar-refractivity contribution in [3.63, 3.8) is 0 Å². The third-order valence-electron chi connectivity index (χ3n) is 2.65. The van der Waals surface area contributed by atoms with Crippen LogP contribution in [0, 0.1) is 0 Å². The molecule has 0 radical (unpaired) electrons. The zero-order valence-electron chi connectivity index (χ0n) is 10.7. The average molecular weight is 235 g/mol. The molecular formula is C13H21N3O. The van der Waals surface area contributed by atoms with Crippen LogP contribution in [-0.2, 0) is 4.79 Å². The van der Waals surface area contributed by atoms with Crippen molar-refractivity contribution in [1.29, 1.82) is 0 Å². The standard InChI is InChI=1S/C13H21N3O/c1-4-7-15-13(17)11(3)16-10(2)12-5-8-14-9-6-12/h5-6,8-11,16H,4,7H2,1-3H3,(H,15,17)/t10-,11?/m1/s1. The minimum absolute atomic E-state index is 0.0488. The maximum atomic E-state index is 11.7. The summed E-state index contributed by atoms with van der Waals surface area (Å²) < 4.78 is 0. The lowest BCUT2D eigenvalue weighted by atomic mass is 10.1. The van der Waals surface area contributed by atoms with Gasteiger partial charge in [0.25, 0.3) is 0 Å². The monoisotopic (exact) mass is 235 g/mol. The number of carbonyl (C=O) groups is 1. The lowest BCUT2D eigenvalue weighted by molar-refractivity contribution is -0.122. The van der Waals surface area contributed by atoms with Crippen LogP contribution >= 0.6 is 0 Å². The van der Waals surface area contributed by atoms with E-state index < -0.39 is 0 Å². The summed E-state index contributed by atoms with van der Waals surface area (Å²) in [5.74, 6) is 0.0488. The van der Waals surface area contributed by atoms with Crippen molar-refractivity contribution in [1.82, 2.24) is 15.6 Å². The molecular weight excluding hydrogens is 214 g/mol. The van der Waals surface area contributed by atoms with Gasteiger partial charge in [-0.2, -0.15) is 0 Å². The van der Waals surface area contributed by atoms with Gasteiger partial charge in [0.2, 0.25) is 5.91 Å². The smallest absolute Gasteiger partial charge is 0.236 e. The van der Waals surface area contributed by atoms with Crippen LogP contribution in [0.4, 0.5) is 0 Å². The van der Waals surface area contributed by atoms with Gasteiger partial charge in [0.05, 0.1) is 6.04 Å². The third kappa shape index (κ3) is 4.53. The summed E-state index contributed by atoms with van der Waals surface area (Å²) in [6.07, 6.45) is 4.48. The minimum Gasteiger partial charge on any atom is -0.355 e. The molecule has 2 atom stereocenters. The first kappa shape index (κ1) is 13.6. The Bertz CT molecular complexity index is 340. The summed E-state index contributed by atoms with van der Waals surface area (Å²) in [7, 11) is 0. The Morgan fingerprint density at radius 2 is 2.00 bits per heavy atom. The van der Waals surface area contributed by atoms with Gasteiger partial charge in [0.15, 0.2) is 0 Å². The first-order chi connectivity index (χ1) is 8.15. The maximum Gasteiger partial charge on any atom is 0.236 e. The van der Waals surface area contributed by atoms with Crippen LogP contribution < -0.4 is 10.6 Å². The van der Waals surface area contributed by atoms with E-state index in [0.29, 0.717) is 0 Å². The number of nitrogens with one attached hydrogen (secondary N) is 2. The molecule has 94 valence electrons. The number of amides is 1. The highest BCUT2D eigenvalue weighted by atomic mass is 16.2. The predicted octanol–water partition coefficient (Wildman–Crippen LogP) is 1.65. The molecule has 4 nitrogen and oxygen atoms in total. The number of hydrogen-bond acceptors (Lipinski definition) is 3. The molecule has 1 aromatic heterocycles. The summed E-state index contributed by atoms with van der Waals surface area (Å²) in [5, 5.41) is 6.14. The molecule has 0 aliphatic rings. The van der Waals surface area contributed by atoms with Crippen LogP contribution in [0.3, 0.4) is 0 Å². The molecule has 0 aliphatic carbocycles. The van der Waals surface area contributed by atoms with Crippen molar-refractivity contribution in [2.75, 3.05) is 6.54 Å². The number of carbonyl (C=O) groups excluding carboxylic acids is 1. The van der Waals surface area contributed by atoms with Gasteiger partial charge in [-0.05, 0) is 38.0 Å². The summed E-state index contributed by atoms with van der Waals surface area (Å²) in [5.41, 5.74) is 1.13. The summed E-state index contributed by atoms with van der Waals surface area (Å²) >= 11 is 0. The normalized spacial score (nSPS) is 14.1. The van der Waals surface area contributed by atoms with Gasteiger partial charge in [0, 0.05) is 25.0 Å². The molecule has 1 heterocycles. The molecule has 0 saturated carbocycles. The molecule has 0 bridgehead atoms. The van der Waals surface area contributed by atoms with Gasteiger partial charge in [-0.15, -0.1) is 0 Å². The number of pyridine rings is 1. The summed E-state index contributed by atoms with van der Waals surface area (Å²) in [6.45, 7) is 6.69. The highest BCUT2D eigenvalue weighted by Gasteiger charge is 2.15. The molecule has 0 fully saturated rings. The number of nitrogens with zero attached hydrogens (tertiary/aromatic N) is 1. The van der Waals surface area contributed by atoms with E-state index in [-0.39, 0.29) is 18.0 Å². The van der Waals surface area contributed by atoms with E-state index in [1.165, 1.54) is 0 Å². The Morgan fingerprint density at radius 3 is 2.59 bits per heavy atom. The zero-order chi connectivity index (χ0) is 12.7. The molecule has 1 amide bonds. The second-order valence-electron chi connectivity index (χ2n) is 4.18. The highest BCUT2D eigenvalue weighted by Crippen LogP contribution is 2.10. The fourth-order valence-corrected chi connectivity index (χ4v) is 1.60. The van der Waals surface area contributed by atoms with Crippen molar-refractivity contribution in [3.8, 4) is 0 Å². The van der Waals surface area contributed by atoms with Crippen LogP contribution in [0.15, 0.2) is 24.5 Å². The van der Waals surface area contributed by atoms with E-state index in [0.717, 1.165) is 18.5 Å². The van der Waals surface area contributed by atoms with Crippen LogP contribution in [0.5, 0.6) is 0 Å². The van der Waals surface area contributed by atoms with E-state index in [2.05, 4.69) is 15.6 Å². The highest BCUT2D eigenvalue weighted by molar-refractivity contribution is 5.81. The van der Waals surface area contributed by atoms with Crippen LogP contribution in [0.25, 0.3) is 0 Å². The van der Waals surface area contributed by atoms with Gasteiger partial charge in [0.1, 0.15) is 0 Å². The molecule has 4 heteroatoms. The Morgan fingerprint density at radius 1 is 1.35 bits per heavy atom. The quantitative estimate of drug-likeness (QED) is 0.788. The Hall–Kier alpha value is -1.42. The second-order valence-corrected chi connectivity index (χ2v) is 4.18. The first-order valence-electron chi connectivity index (χ1n) is 6.08. The summed E-state index contributed by atoms with van der Waals surface area (Å²) in [4.78, 5) is 15.7. The van der Waals surface area contributed by atoms with Gasteiger partial charge in [-0.3, -0.25) is 15.1 Å². The van der Waals surface area contributed by atoms with E-state index in [1.807, 2.05) is 32.9 Å². The zero-order valence-corrected chi connectivity index (χ0v) is 10.7. The van der Waals surface area contributed by atoms with Gasteiger partial charge < -0.3 is 5.32 Å². The molecule has 2 N–H and O–H groups in total. The number of hydrogen-bond donors (Lipinski definition) is 2. The molecule has 17 heavy (non-hydrogen) atoms. The maximum absolute atomic E-state index is 11.7. The number of rotatable bonds is 6. The fourth-order valence-electron chi connectivity index (χ4n) is 1.60. The lowest BCUT2D eigenvalue weighted by Gasteiger charge is -2.19. The van der Waals surface area contributed by atoms with E-state index in [1.54, 1.807) is 12.4 Å². The van der Waals surface area contributed by atoms with E-state index >= 15 is 0 Å². The van der Waals surface area contributed by atoms with Gasteiger partial charge in [-0.25, -0.2) is 0 Å². The molecule has 1 rings (SSSR count). The van der Waals surface area contributed by atoms with Crippen molar-refractivity contribution in [3.05, 3.63) is 30.1 Å². The predicted molar refractivity (Wildman–Crippen MR) is 68.6 cm³/mol. The van der Waals surface area contributed by atoms with E-state index in [9.17, 15) is 4.79 Å². The van der Waals surface area contributed by atoms with Crippen molar-refractivity contribution < 1.29 is 4.79 Å². The number of aromatic nitrogens is 1. The van der Waals surface area contributed by atoms with Gasteiger partial charge >= 0.3 is 0 Å². The molecule has 0 spiro atoms. The largest absolute Gasteiger partial charge is 0.355 e. The van der Waals surface area contributed by atoms with Crippen LogP contribution in [-0.4, -0.2) is 23.5 Å². The SMILES string of the molecule is CCCNC(=O)C(C)N[C@H](C)c1ccncc1. The average Bonchev–Trinajstić information content (AvgIpc) is 2.36. The molecule has 0 saturated heterocycles. The fraction of sp³-hybridized carbons (Fsp3) is 0.538. The Balaban J connectivity index is 2.45. The van der Waals surface area contributed by atoms with Crippen molar-refractivity contribution >= 4 is 5.91 Å².